The number of hydrogen-bond donors (Lipinski definition) is 8. The number of amides is 3. The van der Waals surface area contributed by atoms with Crippen LogP contribution in [0.4, 0.5) is 0 Å². The van der Waals surface area contributed by atoms with Crippen LogP contribution in [0.5, 0.6) is 5.75 Å². The van der Waals surface area contributed by atoms with Gasteiger partial charge < -0.3 is 37.0 Å². The minimum Gasteiger partial charge on any atom is -0.508 e. The van der Waals surface area contributed by atoms with Crippen LogP contribution in [-0.4, -0.2) is 74.9 Å². The van der Waals surface area contributed by atoms with E-state index in [1.807, 2.05) is 0 Å². The molecule has 1 aromatic carbocycles. The molecule has 0 bridgehead atoms. The number of carbonyl (C=O) groups excluding carboxylic acids is 3. The van der Waals surface area contributed by atoms with Crippen molar-refractivity contribution in [2.45, 2.75) is 57.3 Å². The van der Waals surface area contributed by atoms with Crippen LogP contribution in [0.2, 0.25) is 0 Å². The molecule has 0 aliphatic heterocycles. The van der Waals surface area contributed by atoms with Crippen molar-refractivity contribution in [2.75, 3.05) is 5.75 Å². The van der Waals surface area contributed by atoms with Crippen molar-refractivity contribution in [1.29, 1.82) is 0 Å². The third-order valence-electron chi connectivity index (χ3n) is 4.88. The summed E-state index contributed by atoms with van der Waals surface area (Å²) < 4.78 is 0. The maximum absolute atomic E-state index is 12.9. The number of carboxylic acid groups (broad SMARTS) is 2. The number of nitrogens with two attached hydrogens (primary N) is 1. The molecule has 13 heteroatoms. The number of phenolic OH excluding ortho intramolecular Hbond substituents is 1. The van der Waals surface area contributed by atoms with Gasteiger partial charge in [-0.25, -0.2) is 4.79 Å². The zero-order valence-electron chi connectivity index (χ0n) is 19.4. The van der Waals surface area contributed by atoms with Crippen LogP contribution in [0, 0.1) is 5.92 Å². The first-order chi connectivity index (χ1) is 16.3. The fourth-order valence-electron chi connectivity index (χ4n) is 3.07. The standard InChI is InChI=1S/C22H32N4O8S/c1-11(2)7-15(24-21(32)17(10-35)26-19(30)14(23)9-18(28)29)20(31)25-16(22(33)34)8-12-3-5-13(27)6-4-12/h3-6,11,14-17,27,35H,7-10,23H2,1-2H3,(H,24,32)(H,25,31)(H,26,30)(H,28,29)(H,33,34). The van der Waals surface area contributed by atoms with Gasteiger partial charge in [0.1, 0.15) is 23.9 Å². The highest BCUT2D eigenvalue weighted by atomic mass is 32.1. The van der Waals surface area contributed by atoms with Crippen LogP contribution in [0.1, 0.15) is 32.3 Å². The summed E-state index contributed by atoms with van der Waals surface area (Å²) >= 11 is 4.03. The van der Waals surface area contributed by atoms with Crippen LogP contribution in [0.15, 0.2) is 24.3 Å². The van der Waals surface area contributed by atoms with Crippen molar-refractivity contribution in [3.63, 3.8) is 0 Å². The zero-order chi connectivity index (χ0) is 26.7. The van der Waals surface area contributed by atoms with Crippen LogP contribution in [0.3, 0.4) is 0 Å². The summed E-state index contributed by atoms with van der Waals surface area (Å²) in [4.78, 5) is 60.2. The minimum atomic E-state index is -1.38. The number of phenols is 1. The molecule has 0 aliphatic carbocycles. The topological polar surface area (TPSA) is 208 Å². The number of nitrogens with one attached hydrogen (secondary N) is 3. The van der Waals surface area contributed by atoms with Gasteiger partial charge in [0.15, 0.2) is 0 Å². The molecule has 0 aliphatic rings. The van der Waals surface area contributed by atoms with Gasteiger partial charge in [0.25, 0.3) is 0 Å². The summed E-state index contributed by atoms with van der Waals surface area (Å²) in [6.07, 6.45) is -0.516. The second-order valence-electron chi connectivity index (χ2n) is 8.41. The van der Waals surface area contributed by atoms with Crippen molar-refractivity contribution in [3.8, 4) is 5.75 Å². The van der Waals surface area contributed by atoms with E-state index in [4.69, 9.17) is 10.8 Å². The van der Waals surface area contributed by atoms with E-state index >= 15 is 0 Å². The van der Waals surface area contributed by atoms with Crippen LogP contribution >= 0.6 is 12.6 Å². The molecular weight excluding hydrogens is 480 g/mol. The summed E-state index contributed by atoms with van der Waals surface area (Å²) in [6.45, 7) is 3.61. The van der Waals surface area contributed by atoms with Gasteiger partial charge in [-0.1, -0.05) is 26.0 Å². The molecule has 0 heterocycles. The van der Waals surface area contributed by atoms with Gasteiger partial charge >= 0.3 is 11.9 Å². The van der Waals surface area contributed by atoms with Crippen LogP contribution < -0.4 is 21.7 Å². The van der Waals surface area contributed by atoms with E-state index < -0.39 is 60.2 Å². The Morgan fingerprint density at radius 2 is 1.40 bits per heavy atom. The lowest BCUT2D eigenvalue weighted by molar-refractivity contribution is -0.142. The van der Waals surface area contributed by atoms with E-state index in [9.17, 15) is 34.2 Å². The van der Waals surface area contributed by atoms with Crippen LogP contribution in [0.25, 0.3) is 0 Å². The normalized spacial score (nSPS) is 14.3. The minimum absolute atomic E-state index is 0.0131. The Kier molecular flexibility index (Phi) is 12.0. The first-order valence-electron chi connectivity index (χ1n) is 10.8. The molecule has 35 heavy (non-hydrogen) atoms. The van der Waals surface area contributed by atoms with Gasteiger partial charge in [-0.2, -0.15) is 12.6 Å². The Bertz CT molecular complexity index is 909. The van der Waals surface area contributed by atoms with Gasteiger partial charge in [0.2, 0.25) is 17.7 Å². The zero-order valence-corrected chi connectivity index (χ0v) is 20.3. The first kappa shape index (κ1) is 29.7. The van der Waals surface area contributed by atoms with Crippen molar-refractivity contribution < 1.29 is 39.3 Å². The predicted molar refractivity (Wildman–Crippen MR) is 129 cm³/mol. The highest BCUT2D eigenvalue weighted by Crippen LogP contribution is 2.12. The van der Waals surface area contributed by atoms with Crippen molar-refractivity contribution in [1.82, 2.24) is 16.0 Å². The first-order valence-corrected chi connectivity index (χ1v) is 11.5. The molecule has 12 nitrogen and oxygen atoms in total. The lowest BCUT2D eigenvalue weighted by atomic mass is 10.0. The number of carboxylic acids is 2. The quantitative estimate of drug-likeness (QED) is 0.147. The molecule has 0 aromatic heterocycles. The highest BCUT2D eigenvalue weighted by Gasteiger charge is 2.30. The fraction of sp³-hybridized carbons (Fsp3) is 0.500. The molecule has 0 saturated heterocycles. The Labute approximate surface area is 208 Å². The molecule has 8 N–H and O–H groups in total. The van der Waals surface area contributed by atoms with E-state index in [-0.39, 0.29) is 30.3 Å². The Balaban J connectivity index is 2.92. The van der Waals surface area contributed by atoms with E-state index in [1.54, 1.807) is 13.8 Å². The molecule has 194 valence electrons. The lowest BCUT2D eigenvalue weighted by Crippen LogP contribution is -2.58. The Hall–Kier alpha value is -3.32. The van der Waals surface area contributed by atoms with Gasteiger partial charge in [-0.3, -0.25) is 19.2 Å². The number of rotatable bonds is 14. The number of carbonyl (C=O) groups is 5. The molecular formula is C22H32N4O8S. The fourth-order valence-corrected chi connectivity index (χ4v) is 3.33. The predicted octanol–water partition coefficient (Wildman–Crippen LogP) is -0.748. The molecule has 0 fully saturated rings. The third kappa shape index (κ3) is 10.6. The molecule has 1 aromatic rings. The van der Waals surface area contributed by atoms with Crippen molar-refractivity contribution >= 4 is 42.3 Å². The summed E-state index contributed by atoms with van der Waals surface area (Å²) in [5.74, 6) is -5.13. The molecule has 1 rings (SSSR count). The van der Waals surface area contributed by atoms with Crippen molar-refractivity contribution in [3.05, 3.63) is 29.8 Å². The van der Waals surface area contributed by atoms with Gasteiger partial charge in [-0.15, -0.1) is 0 Å². The average molecular weight is 513 g/mol. The smallest absolute Gasteiger partial charge is 0.326 e. The molecule has 0 saturated carbocycles. The van der Waals surface area contributed by atoms with E-state index in [0.717, 1.165) is 0 Å². The van der Waals surface area contributed by atoms with Gasteiger partial charge in [0.05, 0.1) is 12.5 Å². The Morgan fingerprint density at radius 1 is 0.886 bits per heavy atom. The molecule has 4 unspecified atom stereocenters. The number of aromatic hydroxyl groups is 1. The monoisotopic (exact) mass is 512 g/mol. The van der Waals surface area contributed by atoms with E-state index in [0.29, 0.717) is 5.56 Å². The van der Waals surface area contributed by atoms with Crippen LogP contribution in [-0.2, 0) is 30.4 Å². The highest BCUT2D eigenvalue weighted by molar-refractivity contribution is 7.80. The lowest BCUT2D eigenvalue weighted by Gasteiger charge is -2.25. The molecule has 0 radical (unpaired) electrons. The van der Waals surface area contributed by atoms with Gasteiger partial charge in [0, 0.05) is 12.2 Å². The number of hydrogen-bond acceptors (Lipinski definition) is 8. The number of benzene rings is 1. The molecule has 0 spiro atoms. The maximum Gasteiger partial charge on any atom is 0.326 e. The summed E-state index contributed by atoms with van der Waals surface area (Å²) in [5, 5.41) is 34.9. The van der Waals surface area contributed by atoms with Gasteiger partial charge in [-0.05, 0) is 30.0 Å². The van der Waals surface area contributed by atoms with E-state index in [1.165, 1.54) is 24.3 Å². The summed E-state index contributed by atoms with van der Waals surface area (Å²) in [7, 11) is 0. The van der Waals surface area contributed by atoms with E-state index in [2.05, 4.69) is 28.6 Å². The molecule has 3 amide bonds. The summed E-state index contributed by atoms with van der Waals surface area (Å²) in [5.41, 5.74) is 6.07. The second kappa shape index (κ2) is 14.2. The number of aliphatic carboxylic acids is 2. The number of thiol groups is 1. The molecule has 4 atom stereocenters. The third-order valence-corrected chi connectivity index (χ3v) is 5.24. The van der Waals surface area contributed by atoms with Crippen molar-refractivity contribution in [2.24, 2.45) is 11.7 Å². The maximum atomic E-state index is 12.9. The SMILES string of the molecule is CC(C)CC(NC(=O)C(CS)NC(=O)C(N)CC(=O)O)C(=O)NC(Cc1ccc(O)cc1)C(=O)O. The summed E-state index contributed by atoms with van der Waals surface area (Å²) in [6, 6.07) is 0.843. The Morgan fingerprint density at radius 3 is 1.89 bits per heavy atom. The second-order valence-corrected chi connectivity index (χ2v) is 8.77. The largest absolute Gasteiger partial charge is 0.508 e. The average Bonchev–Trinajstić information content (AvgIpc) is 2.76.